The summed E-state index contributed by atoms with van der Waals surface area (Å²) in [4.78, 5) is 3.87. The predicted octanol–water partition coefficient (Wildman–Crippen LogP) is 2.04. The molecule has 3 rings (SSSR count). The molecule has 0 amide bonds. The van der Waals surface area contributed by atoms with Crippen LogP contribution in [0.3, 0.4) is 0 Å². The number of benzene rings is 1. The van der Waals surface area contributed by atoms with E-state index < -0.39 is 0 Å². The van der Waals surface area contributed by atoms with Crippen LogP contribution in [0.4, 0.5) is 11.4 Å². The lowest BCUT2D eigenvalue weighted by Crippen LogP contribution is -2.37. The molecule has 0 spiro atoms. The Balaban J connectivity index is 0.000000408. The van der Waals surface area contributed by atoms with E-state index in [4.69, 9.17) is 5.73 Å². The van der Waals surface area contributed by atoms with E-state index in [0.29, 0.717) is 5.37 Å². The number of nitrogens with one attached hydrogen (secondary N) is 2. The fourth-order valence-electron chi connectivity index (χ4n) is 2.40. The lowest BCUT2D eigenvalue weighted by atomic mass is 10.3. The maximum absolute atomic E-state index is 5.83. The summed E-state index contributed by atoms with van der Waals surface area (Å²) >= 11 is 1.95. The molecule has 1 atom stereocenters. The second kappa shape index (κ2) is 7.03. The second-order valence-electron chi connectivity index (χ2n) is 4.95. The summed E-state index contributed by atoms with van der Waals surface area (Å²) in [6.07, 6.45) is 2.70. The molecule has 19 heavy (non-hydrogen) atoms. The highest BCUT2D eigenvalue weighted by molar-refractivity contribution is 8.00. The second-order valence-corrected chi connectivity index (χ2v) is 6.17. The summed E-state index contributed by atoms with van der Waals surface area (Å²) in [5, 5.41) is 6.83. The van der Waals surface area contributed by atoms with Crippen molar-refractivity contribution in [3.05, 3.63) is 18.2 Å². The number of hydrogen-bond acceptors (Lipinski definition) is 5. The lowest BCUT2D eigenvalue weighted by molar-refractivity contribution is 0.324. The third kappa shape index (κ3) is 3.78. The zero-order chi connectivity index (χ0) is 13.7. The maximum atomic E-state index is 5.83. The van der Waals surface area contributed by atoms with Gasteiger partial charge in [-0.1, -0.05) is 0 Å². The third-order valence-corrected chi connectivity index (χ3v) is 4.61. The van der Waals surface area contributed by atoms with Crippen molar-refractivity contribution in [2.75, 3.05) is 44.8 Å². The lowest BCUT2D eigenvalue weighted by Gasteiger charge is -2.32. The molecular formula is C14H24N4S. The average molecular weight is 280 g/mol. The molecule has 1 aromatic rings. The zero-order valence-electron chi connectivity index (χ0n) is 11.8. The SMILES string of the molecule is CNC.Nc1ccc2c(c1)SC(N1CCCC1)CN2. The summed E-state index contributed by atoms with van der Waals surface area (Å²) in [5.41, 5.74) is 7.91. The van der Waals surface area contributed by atoms with Crippen LogP contribution >= 0.6 is 11.8 Å². The summed E-state index contributed by atoms with van der Waals surface area (Å²) in [7, 11) is 3.75. The van der Waals surface area contributed by atoms with E-state index >= 15 is 0 Å². The molecule has 0 saturated carbocycles. The Morgan fingerprint density at radius 2 is 2.00 bits per heavy atom. The maximum Gasteiger partial charge on any atom is 0.0780 e. The topological polar surface area (TPSA) is 53.3 Å². The quantitative estimate of drug-likeness (QED) is 0.687. The van der Waals surface area contributed by atoms with E-state index in [2.05, 4.69) is 27.7 Å². The van der Waals surface area contributed by atoms with Crippen molar-refractivity contribution < 1.29 is 0 Å². The standard InChI is InChI=1S/C12H17N3S.C2H7N/c13-9-3-4-10-11(7-9)16-12(8-14-10)15-5-1-2-6-15;1-3-2/h3-4,7,12,14H,1-2,5-6,8,13H2;3H,1-2H3. The monoisotopic (exact) mass is 280 g/mol. The van der Waals surface area contributed by atoms with E-state index in [0.717, 1.165) is 12.2 Å². The van der Waals surface area contributed by atoms with Gasteiger partial charge in [-0.15, -0.1) is 11.8 Å². The van der Waals surface area contributed by atoms with Gasteiger partial charge in [0, 0.05) is 22.8 Å². The van der Waals surface area contributed by atoms with Crippen LogP contribution in [0, 0.1) is 0 Å². The van der Waals surface area contributed by atoms with E-state index in [1.54, 1.807) is 0 Å². The van der Waals surface area contributed by atoms with E-state index in [1.165, 1.54) is 36.5 Å². The Morgan fingerprint density at radius 3 is 2.68 bits per heavy atom. The highest BCUT2D eigenvalue weighted by Gasteiger charge is 2.26. The molecule has 2 aliphatic heterocycles. The molecular weight excluding hydrogens is 256 g/mol. The van der Waals surface area contributed by atoms with Gasteiger partial charge in [0.15, 0.2) is 0 Å². The zero-order valence-corrected chi connectivity index (χ0v) is 12.6. The molecule has 106 valence electrons. The fraction of sp³-hybridized carbons (Fsp3) is 0.571. The number of rotatable bonds is 1. The first-order valence-corrected chi connectivity index (χ1v) is 7.75. The smallest absolute Gasteiger partial charge is 0.0780 e. The number of nitrogen functional groups attached to an aromatic ring is 1. The summed E-state index contributed by atoms with van der Waals surface area (Å²) in [6.45, 7) is 3.54. The first kappa shape index (κ1) is 14.5. The Kier molecular flexibility index (Phi) is 5.36. The Morgan fingerprint density at radius 1 is 1.32 bits per heavy atom. The molecule has 0 aromatic heterocycles. The number of thioether (sulfide) groups is 1. The van der Waals surface area contributed by atoms with E-state index in [-0.39, 0.29) is 0 Å². The summed E-state index contributed by atoms with van der Waals surface area (Å²) in [6, 6.07) is 6.12. The number of hydrogen-bond donors (Lipinski definition) is 3. The third-order valence-electron chi connectivity index (χ3n) is 3.28. The number of anilines is 2. The van der Waals surface area contributed by atoms with Gasteiger partial charge in [-0.3, -0.25) is 4.90 Å². The van der Waals surface area contributed by atoms with Gasteiger partial charge in [-0.05, 0) is 58.2 Å². The summed E-state index contributed by atoms with van der Waals surface area (Å²) in [5.74, 6) is 0. The van der Waals surface area contributed by atoms with E-state index in [9.17, 15) is 0 Å². The van der Waals surface area contributed by atoms with Crippen molar-refractivity contribution in [1.82, 2.24) is 10.2 Å². The van der Waals surface area contributed by atoms with Crippen molar-refractivity contribution in [3.63, 3.8) is 0 Å². The van der Waals surface area contributed by atoms with Gasteiger partial charge in [0.2, 0.25) is 0 Å². The van der Waals surface area contributed by atoms with Crippen LogP contribution < -0.4 is 16.4 Å². The number of nitrogens with zero attached hydrogens (tertiary/aromatic N) is 1. The van der Waals surface area contributed by atoms with Gasteiger partial charge in [-0.2, -0.15) is 0 Å². The van der Waals surface area contributed by atoms with Crippen molar-refractivity contribution >= 4 is 23.1 Å². The minimum atomic E-state index is 0.580. The number of nitrogens with two attached hydrogens (primary N) is 1. The van der Waals surface area contributed by atoms with Crippen LogP contribution in [-0.2, 0) is 0 Å². The molecule has 0 radical (unpaired) electrons. The van der Waals surface area contributed by atoms with Gasteiger partial charge in [0.05, 0.1) is 5.37 Å². The highest BCUT2D eigenvalue weighted by atomic mass is 32.2. The molecule has 4 nitrogen and oxygen atoms in total. The first-order valence-electron chi connectivity index (χ1n) is 6.87. The first-order chi connectivity index (χ1) is 9.24. The van der Waals surface area contributed by atoms with Crippen molar-refractivity contribution in [2.45, 2.75) is 23.1 Å². The number of likely N-dealkylation sites (tertiary alicyclic amines) is 1. The van der Waals surface area contributed by atoms with Gasteiger partial charge < -0.3 is 16.4 Å². The normalized spacial score (nSPS) is 22.1. The molecule has 1 saturated heterocycles. The van der Waals surface area contributed by atoms with Crippen LogP contribution in [0.15, 0.2) is 23.1 Å². The van der Waals surface area contributed by atoms with Crippen molar-refractivity contribution in [3.8, 4) is 0 Å². The fourth-order valence-corrected chi connectivity index (χ4v) is 3.69. The molecule has 1 unspecified atom stereocenters. The Labute approximate surface area is 120 Å². The summed E-state index contributed by atoms with van der Waals surface area (Å²) < 4.78 is 0. The van der Waals surface area contributed by atoms with Gasteiger partial charge in [-0.25, -0.2) is 0 Å². The van der Waals surface area contributed by atoms with Crippen LogP contribution in [0.1, 0.15) is 12.8 Å². The molecule has 0 aliphatic carbocycles. The van der Waals surface area contributed by atoms with Crippen molar-refractivity contribution in [1.29, 1.82) is 0 Å². The largest absolute Gasteiger partial charge is 0.399 e. The predicted molar refractivity (Wildman–Crippen MR) is 84.8 cm³/mol. The van der Waals surface area contributed by atoms with Crippen LogP contribution in [-0.4, -0.2) is 44.0 Å². The van der Waals surface area contributed by atoms with Crippen LogP contribution in [0.5, 0.6) is 0 Å². The minimum Gasteiger partial charge on any atom is -0.399 e. The Bertz CT molecular complexity index is 404. The highest BCUT2D eigenvalue weighted by Crippen LogP contribution is 2.38. The molecule has 0 bridgehead atoms. The minimum absolute atomic E-state index is 0.580. The average Bonchev–Trinajstić information content (AvgIpc) is 2.92. The molecule has 1 fully saturated rings. The van der Waals surface area contributed by atoms with Gasteiger partial charge in [0.25, 0.3) is 0 Å². The Hall–Kier alpha value is -0.910. The van der Waals surface area contributed by atoms with Crippen LogP contribution in [0.2, 0.25) is 0 Å². The molecule has 2 aliphatic rings. The van der Waals surface area contributed by atoms with Gasteiger partial charge >= 0.3 is 0 Å². The van der Waals surface area contributed by atoms with E-state index in [1.807, 2.05) is 31.9 Å². The molecule has 5 heteroatoms. The number of fused-ring (bicyclic) bond motifs is 1. The molecule has 2 heterocycles. The molecule has 4 N–H and O–H groups in total. The van der Waals surface area contributed by atoms with Crippen LogP contribution in [0.25, 0.3) is 0 Å². The van der Waals surface area contributed by atoms with Gasteiger partial charge in [0.1, 0.15) is 0 Å². The molecule has 1 aromatic carbocycles. The van der Waals surface area contributed by atoms with Crippen molar-refractivity contribution in [2.24, 2.45) is 0 Å².